The SMILES string of the molecule is Cc1cc(C)n2c(SCC(=O)NC(=O)N[C@H]3CCCC[C@H]3C)nnc2n1. The molecule has 0 unspecified atom stereocenters. The minimum absolute atomic E-state index is 0.0851. The molecular formula is C17H24N6O2S. The largest absolute Gasteiger partial charge is 0.335 e. The Balaban J connectivity index is 1.53. The van der Waals surface area contributed by atoms with Gasteiger partial charge in [-0.25, -0.2) is 9.78 Å². The molecule has 2 atom stereocenters. The Morgan fingerprint density at radius 2 is 2.04 bits per heavy atom. The fourth-order valence-corrected chi connectivity index (χ4v) is 4.11. The van der Waals surface area contributed by atoms with E-state index in [0.29, 0.717) is 16.9 Å². The molecule has 1 fully saturated rings. The first-order chi connectivity index (χ1) is 12.4. The molecule has 2 N–H and O–H groups in total. The first-order valence-electron chi connectivity index (χ1n) is 8.86. The van der Waals surface area contributed by atoms with Crippen LogP contribution in [0.1, 0.15) is 44.0 Å². The van der Waals surface area contributed by atoms with Crippen molar-refractivity contribution in [1.29, 1.82) is 0 Å². The van der Waals surface area contributed by atoms with E-state index in [4.69, 9.17) is 0 Å². The molecule has 1 saturated carbocycles. The maximum Gasteiger partial charge on any atom is 0.321 e. The van der Waals surface area contributed by atoms with Crippen LogP contribution in [-0.4, -0.2) is 43.3 Å². The third kappa shape index (κ3) is 4.32. The fraction of sp³-hybridized carbons (Fsp3) is 0.588. The fourth-order valence-electron chi connectivity index (χ4n) is 3.32. The summed E-state index contributed by atoms with van der Waals surface area (Å²) in [6.45, 7) is 5.97. The molecule has 26 heavy (non-hydrogen) atoms. The van der Waals surface area contributed by atoms with Gasteiger partial charge in [0.1, 0.15) is 0 Å². The smallest absolute Gasteiger partial charge is 0.321 e. The number of carbonyl (C=O) groups excluding carboxylic acids is 2. The van der Waals surface area contributed by atoms with E-state index < -0.39 is 6.03 Å². The van der Waals surface area contributed by atoms with Gasteiger partial charge in [0.05, 0.1) is 5.75 Å². The van der Waals surface area contributed by atoms with Gasteiger partial charge in [-0.15, -0.1) is 10.2 Å². The van der Waals surface area contributed by atoms with E-state index in [1.165, 1.54) is 18.2 Å². The highest BCUT2D eigenvalue weighted by Crippen LogP contribution is 2.23. The van der Waals surface area contributed by atoms with E-state index in [9.17, 15) is 9.59 Å². The van der Waals surface area contributed by atoms with Crippen LogP contribution in [0.25, 0.3) is 5.78 Å². The first kappa shape index (κ1) is 18.6. The molecule has 0 radical (unpaired) electrons. The average molecular weight is 376 g/mol. The van der Waals surface area contributed by atoms with Gasteiger partial charge >= 0.3 is 6.03 Å². The Morgan fingerprint density at radius 3 is 2.81 bits per heavy atom. The number of rotatable bonds is 4. The van der Waals surface area contributed by atoms with Crippen LogP contribution in [0.2, 0.25) is 0 Å². The van der Waals surface area contributed by atoms with E-state index in [1.54, 1.807) is 4.40 Å². The van der Waals surface area contributed by atoms with Crippen molar-refractivity contribution in [3.8, 4) is 0 Å². The lowest BCUT2D eigenvalue weighted by atomic mass is 9.86. The molecule has 3 amide bonds. The molecule has 9 heteroatoms. The number of carbonyl (C=O) groups is 2. The van der Waals surface area contributed by atoms with Crippen molar-refractivity contribution in [2.24, 2.45) is 5.92 Å². The minimum atomic E-state index is -0.422. The number of nitrogens with one attached hydrogen (secondary N) is 2. The molecule has 8 nitrogen and oxygen atoms in total. The van der Waals surface area contributed by atoms with Crippen molar-refractivity contribution >= 4 is 29.5 Å². The zero-order valence-corrected chi connectivity index (χ0v) is 16.1. The minimum Gasteiger partial charge on any atom is -0.335 e. The van der Waals surface area contributed by atoms with Gasteiger partial charge in [-0.05, 0) is 38.7 Å². The number of amides is 3. The van der Waals surface area contributed by atoms with E-state index in [2.05, 4.69) is 32.7 Å². The van der Waals surface area contributed by atoms with Gasteiger partial charge in [0.15, 0.2) is 5.16 Å². The Bertz CT molecular complexity index is 821. The molecule has 0 aliphatic heterocycles. The van der Waals surface area contributed by atoms with Crippen LogP contribution in [-0.2, 0) is 4.79 Å². The molecule has 2 aromatic heterocycles. The van der Waals surface area contributed by atoms with Gasteiger partial charge in [-0.1, -0.05) is 31.5 Å². The highest BCUT2D eigenvalue weighted by Gasteiger charge is 2.23. The predicted molar refractivity (Wildman–Crippen MR) is 99.1 cm³/mol. The molecule has 2 aromatic rings. The van der Waals surface area contributed by atoms with Crippen LogP contribution in [0.15, 0.2) is 11.2 Å². The second-order valence-electron chi connectivity index (χ2n) is 6.84. The molecule has 1 aliphatic carbocycles. The number of nitrogens with zero attached hydrogens (tertiary/aromatic N) is 4. The van der Waals surface area contributed by atoms with E-state index >= 15 is 0 Å². The number of urea groups is 1. The van der Waals surface area contributed by atoms with Gasteiger partial charge in [0.2, 0.25) is 5.91 Å². The number of aryl methyl sites for hydroxylation is 2. The maximum absolute atomic E-state index is 12.1. The van der Waals surface area contributed by atoms with Gasteiger partial charge in [-0.3, -0.25) is 14.5 Å². The van der Waals surface area contributed by atoms with E-state index in [-0.39, 0.29) is 17.7 Å². The summed E-state index contributed by atoms with van der Waals surface area (Å²) in [6, 6.07) is 1.65. The lowest BCUT2D eigenvalue weighted by Crippen LogP contribution is -2.48. The van der Waals surface area contributed by atoms with Crippen LogP contribution in [0.3, 0.4) is 0 Å². The van der Waals surface area contributed by atoms with Crippen LogP contribution < -0.4 is 10.6 Å². The number of hydrogen-bond donors (Lipinski definition) is 2. The zero-order chi connectivity index (χ0) is 18.7. The lowest BCUT2D eigenvalue weighted by molar-refractivity contribution is -0.117. The van der Waals surface area contributed by atoms with Crippen molar-refractivity contribution in [1.82, 2.24) is 30.2 Å². The predicted octanol–water partition coefficient (Wildman–Crippen LogP) is 2.24. The molecule has 3 rings (SSSR count). The van der Waals surface area contributed by atoms with Crippen molar-refractivity contribution in [3.05, 3.63) is 17.5 Å². The summed E-state index contributed by atoms with van der Waals surface area (Å²) in [4.78, 5) is 28.4. The topological polar surface area (TPSA) is 101 Å². The Kier molecular flexibility index (Phi) is 5.75. The summed E-state index contributed by atoms with van der Waals surface area (Å²) in [7, 11) is 0. The van der Waals surface area contributed by atoms with Crippen LogP contribution in [0, 0.1) is 19.8 Å². The summed E-state index contributed by atoms with van der Waals surface area (Å²) in [5.41, 5.74) is 1.81. The highest BCUT2D eigenvalue weighted by atomic mass is 32.2. The summed E-state index contributed by atoms with van der Waals surface area (Å²) >= 11 is 1.23. The molecule has 140 valence electrons. The third-order valence-electron chi connectivity index (χ3n) is 4.68. The second kappa shape index (κ2) is 8.03. The van der Waals surface area contributed by atoms with Crippen molar-refractivity contribution in [2.45, 2.75) is 57.7 Å². The highest BCUT2D eigenvalue weighted by molar-refractivity contribution is 7.99. The summed E-state index contributed by atoms with van der Waals surface area (Å²) < 4.78 is 1.80. The van der Waals surface area contributed by atoms with Crippen molar-refractivity contribution in [2.75, 3.05) is 5.75 Å². The van der Waals surface area contributed by atoms with Gasteiger partial charge in [0.25, 0.3) is 5.78 Å². The molecule has 1 aliphatic rings. The van der Waals surface area contributed by atoms with Gasteiger partial charge < -0.3 is 5.32 Å². The van der Waals surface area contributed by atoms with Crippen LogP contribution in [0.4, 0.5) is 4.79 Å². The quantitative estimate of drug-likeness (QED) is 0.794. The zero-order valence-electron chi connectivity index (χ0n) is 15.3. The molecule has 2 heterocycles. The molecule has 0 saturated heterocycles. The average Bonchev–Trinajstić information content (AvgIpc) is 2.98. The number of hydrogen-bond acceptors (Lipinski definition) is 6. The maximum atomic E-state index is 12.1. The normalized spacial score (nSPS) is 20.1. The third-order valence-corrected chi connectivity index (χ3v) is 5.61. The Labute approximate surface area is 156 Å². The summed E-state index contributed by atoms with van der Waals surface area (Å²) in [5, 5.41) is 14.0. The van der Waals surface area contributed by atoms with Crippen LogP contribution in [0.5, 0.6) is 0 Å². The monoisotopic (exact) mass is 376 g/mol. The summed E-state index contributed by atoms with van der Waals surface area (Å²) in [5.74, 6) is 0.682. The molecular weight excluding hydrogens is 352 g/mol. The number of imide groups is 1. The molecule has 0 bridgehead atoms. The number of fused-ring (bicyclic) bond motifs is 1. The van der Waals surface area contributed by atoms with E-state index in [1.807, 2.05) is 19.9 Å². The van der Waals surface area contributed by atoms with Crippen molar-refractivity contribution < 1.29 is 9.59 Å². The van der Waals surface area contributed by atoms with Gasteiger partial charge in [0, 0.05) is 17.4 Å². The first-order valence-corrected chi connectivity index (χ1v) is 9.85. The number of thioether (sulfide) groups is 1. The van der Waals surface area contributed by atoms with Crippen LogP contribution >= 0.6 is 11.8 Å². The summed E-state index contributed by atoms with van der Waals surface area (Å²) in [6.07, 6.45) is 4.40. The lowest BCUT2D eigenvalue weighted by Gasteiger charge is -2.29. The van der Waals surface area contributed by atoms with Crippen molar-refractivity contribution in [3.63, 3.8) is 0 Å². The second-order valence-corrected chi connectivity index (χ2v) is 7.78. The van der Waals surface area contributed by atoms with Gasteiger partial charge in [-0.2, -0.15) is 0 Å². The standard InChI is InChI=1S/C17H24N6O2S/c1-10-6-4-5-7-13(10)19-16(25)20-14(24)9-26-17-22-21-15-18-11(2)8-12(3)23(15)17/h8,10,13H,4-7,9H2,1-3H3,(H2,19,20,24,25)/t10-,13+/m1/s1. The molecule has 0 spiro atoms. The van der Waals surface area contributed by atoms with E-state index in [0.717, 1.165) is 30.7 Å². The molecule has 0 aromatic carbocycles. The Hall–Kier alpha value is -2.16. The number of aromatic nitrogens is 4. The Morgan fingerprint density at radius 1 is 1.27 bits per heavy atom.